The number of hydrogen-bond acceptors (Lipinski definition) is 3. The minimum absolute atomic E-state index is 0.0503. The predicted molar refractivity (Wildman–Crippen MR) is 63.4 cm³/mol. The Morgan fingerprint density at radius 3 is 2.69 bits per heavy atom. The molecule has 0 amide bonds. The lowest BCUT2D eigenvalue weighted by Gasteiger charge is -2.40. The summed E-state index contributed by atoms with van der Waals surface area (Å²) in [5, 5.41) is 0. The van der Waals surface area contributed by atoms with Crippen molar-refractivity contribution in [3.05, 3.63) is 0 Å². The number of rotatable bonds is 3. The minimum Gasteiger partial charge on any atom is -0.376 e. The van der Waals surface area contributed by atoms with Crippen molar-refractivity contribution in [3.63, 3.8) is 0 Å². The topological polar surface area (TPSA) is 29.5 Å². The summed E-state index contributed by atoms with van der Waals surface area (Å²) >= 11 is 0. The maximum absolute atomic E-state index is 11.3. The van der Waals surface area contributed by atoms with Crippen LogP contribution in [0.3, 0.4) is 0 Å². The lowest BCUT2D eigenvalue weighted by Crippen LogP contribution is -2.51. The molecule has 0 aromatic carbocycles. The van der Waals surface area contributed by atoms with Gasteiger partial charge >= 0.3 is 0 Å². The standard InChI is InChI=1S/C13H23NO2/c1-11-8-16-12(2)7-14(11)9-13(10-15)5-3-4-6-13/h10-12H,3-9H2,1-2H3. The Morgan fingerprint density at radius 2 is 2.06 bits per heavy atom. The van der Waals surface area contributed by atoms with Crippen molar-refractivity contribution < 1.29 is 9.53 Å². The fourth-order valence-electron chi connectivity index (χ4n) is 2.99. The van der Waals surface area contributed by atoms with Gasteiger partial charge in [0.25, 0.3) is 0 Å². The smallest absolute Gasteiger partial charge is 0.127 e. The number of carbonyl (C=O) groups excluding carboxylic acids is 1. The largest absolute Gasteiger partial charge is 0.376 e. The average molecular weight is 225 g/mol. The zero-order valence-electron chi connectivity index (χ0n) is 10.4. The first-order chi connectivity index (χ1) is 7.65. The summed E-state index contributed by atoms with van der Waals surface area (Å²) in [6.45, 7) is 7.01. The lowest BCUT2D eigenvalue weighted by molar-refractivity contribution is -0.120. The van der Waals surface area contributed by atoms with E-state index in [9.17, 15) is 4.79 Å². The lowest BCUT2D eigenvalue weighted by atomic mass is 9.87. The molecule has 0 spiro atoms. The van der Waals surface area contributed by atoms with E-state index in [1.807, 2.05) is 0 Å². The third kappa shape index (κ3) is 2.46. The molecule has 2 rings (SSSR count). The first kappa shape index (κ1) is 12.1. The maximum Gasteiger partial charge on any atom is 0.127 e. The van der Waals surface area contributed by atoms with Gasteiger partial charge in [-0.05, 0) is 26.7 Å². The fraction of sp³-hybridized carbons (Fsp3) is 0.923. The summed E-state index contributed by atoms with van der Waals surface area (Å²) in [5.74, 6) is 0. The zero-order valence-corrected chi connectivity index (χ0v) is 10.4. The van der Waals surface area contributed by atoms with Gasteiger partial charge in [0.1, 0.15) is 6.29 Å². The van der Waals surface area contributed by atoms with Gasteiger partial charge in [-0.15, -0.1) is 0 Å². The highest BCUT2D eigenvalue weighted by Gasteiger charge is 2.37. The number of nitrogens with zero attached hydrogens (tertiary/aromatic N) is 1. The first-order valence-corrected chi connectivity index (χ1v) is 6.47. The van der Waals surface area contributed by atoms with Gasteiger partial charge in [-0.25, -0.2) is 0 Å². The molecule has 0 aromatic heterocycles. The quantitative estimate of drug-likeness (QED) is 0.687. The Hall–Kier alpha value is -0.410. The molecule has 2 fully saturated rings. The summed E-state index contributed by atoms with van der Waals surface area (Å²) in [6.07, 6.45) is 6.11. The van der Waals surface area contributed by atoms with E-state index in [1.54, 1.807) is 0 Å². The van der Waals surface area contributed by atoms with Crippen LogP contribution >= 0.6 is 0 Å². The van der Waals surface area contributed by atoms with Gasteiger partial charge in [-0.1, -0.05) is 12.8 Å². The normalized spacial score (nSPS) is 35.1. The highest BCUT2D eigenvalue weighted by atomic mass is 16.5. The van der Waals surface area contributed by atoms with E-state index >= 15 is 0 Å². The summed E-state index contributed by atoms with van der Waals surface area (Å²) in [7, 11) is 0. The van der Waals surface area contributed by atoms with E-state index in [4.69, 9.17) is 4.74 Å². The van der Waals surface area contributed by atoms with Gasteiger partial charge < -0.3 is 9.53 Å². The van der Waals surface area contributed by atoms with E-state index in [-0.39, 0.29) is 5.41 Å². The van der Waals surface area contributed by atoms with Crippen LogP contribution in [-0.2, 0) is 9.53 Å². The highest BCUT2D eigenvalue weighted by molar-refractivity contribution is 5.60. The van der Waals surface area contributed by atoms with Gasteiger partial charge in [-0.2, -0.15) is 0 Å². The Balaban J connectivity index is 1.98. The molecule has 0 N–H and O–H groups in total. The number of morpholine rings is 1. The minimum atomic E-state index is -0.0503. The van der Waals surface area contributed by atoms with Gasteiger partial charge in [0, 0.05) is 24.5 Å². The number of ether oxygens (including phenoxy) is 1. The van der Waals surface area contributed by atoms with Crippen molar-refractivity contribution in [3.8, 4) is 0 Å². The van der Waals surface area contributed by atoms with Gasteiger partial charge in [0.2, 0.25) is 0 Å². The number of hydrogen-bond donors (Lipinski definition) is 0. The van der Waals surface area contributed by atoms with Crippen LogP contribution in [-0.4, -0.2) is 43.0 Å². The van der Waals surface area contributed by atoms with Crippen molar-refractivity contribution >= 4 is 6.29 Å². The van der Waals surface area contributed by atoms with Crippen LogP contribution in [0, 0.1) is 5.41 Å². The molecule has 1 heterocycles. The molecular weight excluding hydrogens is 202 g/mol. The van der Waals surface area contributed by atoms with Crippen LogP contribution in [0.2, 0.25) is 0 Å². The SMILES string of the molecule is CC1CN(CC2(C=O)CCCC2)C(C)CO1. The maximum atomic E-state index is 11.3. The third-order valence-corrected chi connectivity index (χ3v) is 4.10. The molecule has 1 saturated heterocycles. The molecule has 3 heteroatoms. The van der Waals surface area contributed by atoms with Crippen molar-refractivity contribution in [1.82, 2.24) is 4.90 Å². The molecule has 1 saturated carbocycles. The molecule has 0 aromatic rings. The molecule has 2 atom stereocenters. The summed E-state index contributed by atoms with van der Waals surface area (Å²) in [6, 6.07) is 0.452. The van der Waals surface area contributed by atoms with E-state index in [0.717, 1.165) is 32.5 Å². The van der Waals surface area contributed by atoms with Crippen LogP contribution in [0.4, 0.5) is 0 Å². The van der Waals surface area contributed by atoms with E-state index in [0.29, 0.717) is 12.1 Å². The van der Waals surface area contributed by atoms with Gasteiger partial charge in [0.15, 0.2) is 0 Å². The second kappa shape index (κ2) is 4.84. The Labute approximate surface area is 98.1 Å². The van der Waals surface area contributed by atoms with Crippen LogP contribution in [0.25, 0.3) is 0 Å². The molecule has 2 unspecified atom stereocenters. The molecule has 1 aliphatic heterocycles. The second-order valence-corrected chi connectivity index (χ2v) is 5.61. The zero-order chi connectivity index (χ0) is 11.6. The summed E-state index contributed by atoms with van der Waals surface area (Å²) in [5.41, 5.74) is -0.0503. The predicted octanol–water partition coefficient (Wildman–Crippen LogP) is 1.85. The monoisotopic (exact) mass is 225 g/mol. The Kier molecular flexibility index (Phi) is 3.65. The molecule has 0 radical (unpaired) electrons. The fourth-order valence-corrected chi connectivity index (χ4v) is 2.99. The van der Waals surface area contributed by atoms with Crippen molar-refractivity contribution in [1.29, 1.82) is 0 Å². The third-order valence-electron chi connectivity index (χ3n) is 4.10. The van der Waals surface area contributed by atoms with Crippen LogP contribution in [0.1, 0.15) is 39.5 Å². The van der Waals surface area contributed by atoms with Crippen LogP contribution in [0.15, 0.2) is 0 Å². The van der Waals surface area contributed by atoms with E-state index in [1.165, 1.54) is 19.1 Å². The summed E-state index contributed by atoms with van der Waals surface area (Å²) in [4.78, 5) is 13.8. The second-order valence-electron chi connectivity index (χ2n) is 5.61. The molecule has 1 aliphatic carbocycles. The molecule has 92 valence electrons. The molecule has 0 bridgehead atoms. The number of aldehydes is 1. The van der Waals surface area contributed by atoms with Crippen molar-refractivity contribution in [2.75, 3.05) is 19.7 Å². The number of carbonyl (C=O) groups is 1. The Bertz CT molecular complexity index is 248. The Morgan fingerprint density at radius 1 is 1.38 bits per heavy atom. The highest BCUT2D eigenvalue weighted by Crippen LogP contribution is 2.37. The van der Waals surface area contributed by atoms with Gasteiger partial charge in [-0.3, -0.25) is 4.90 Å². The molecule has 3 nitrogen and oxygen atoms in total. The molecular formula is C13H23NO2. The first-order valence-electron chi connectivity index (χ1n) is 6.47. The van der Waals surface area contributed by atoms with Crippen LogP contribution < -0.4 is 0 Å². The summed E-state index contributed by atoms with van der Waals surface area (Å²) < 4.78 is 5.62. The van der Waals surface area contributed by atoms with Crippen molar-refractivity contribution in [2.45, 2.75) is 51.7 Å². The average Bonchev–Trinajstić information content (AvgIpc) is 2.73. The van der Waals surface area contributed by atoms with Crippen LogP contribution in [0.5, 0.6) is 0 Å². The van der Waals surface area contributed by atoms with E-state index < -0.39 is 0 Å². The molecule has 16 heavy (non-hydrogen) atoms. The molecule has 2 aliphatic rings. The van der Waals surface area contributed by atoms with Gasteiger partial charge in [0.05, 0.1) is 12.7 Å². The van der Waals surface area contributed by atoms with Crippen molar-refractivity contribution in [2.24, 2.45) is 5.41 Å². The van der Waals surface area contributed by atoms with E-state index in [2.05, 4.69) is 18.7 Å².